The number of amides is 1. The van der Waals surface area contributed by atoms with Crippen molar-refractivity contribution in [2.75, 3.05) is 0 Å². The Morgan fingerprint density at radius 3 is 2.65 bits per heavy atom. The molecule has 0 unspecified atom stereocenters. The number of aliphatic hydroxyl groups is 1. The van der Waals surface area contributed by atoms with E-state index in [0.717, 1.165) is 44.9 Å². The summed E-state index contributed by atoms with van der Waals surface area (Å²) in [4.78, 5) is 11.1. The number of hydrogen-bond acceptors (Lipinski definition) is 3. The van der Waals surface area contributed by atoms with E-state index >= 15 is 0 Å². The van der Waals surface area contributed by atoms with Gasteiger partial charge in [-0.2, -0.15) is 0 Å². The Bertz CT molecular complexity index is 593. The van der Waals surface area contributed by atoms with Crippen molar-refractivity contribution in [1.82, 2.24) is 10.6 Å². The molecule has 1 saturated heterocycles. The zero-order chi connectivity index (χ0) is 17.8. The molecule has 2 fully saturated rings. The van der Waals surface area contributed by atoms with Crippen LogP contribution in [0, 0.1) is 11.7 Å². The summed E-state index contributed by atoms with van der Waals surface area (Å²) in [7, 11) is 0. The predicted molar refractivity (Wildman–Crippen MR) is 103 cm³/mol. The largest absolute Gasteiger partial charge is 0.387 e. The summed E-state index contributed by atoms with van der Waals surface area (Å²) in [6.07, 6.45) is 6.88. The first-order valence-electron chi connectivity index (χ1n) is 9.48. The third kappa shape index (κ3) is 5.66. The maximum absolute atomic E-state index is 13.4. The van der Waals surface area contributed by atoms with Crippen LogP contribution in [-0.4, -0.2) is 29.1 Å². The molecule has 0 aromatic heterocycles. The maximum Gasteiger partial charge on any atom is 0.217 e. The fourth-order valence-corrected chi connectivity index (χ4v) is 4.44. The first kappa shape index (κ1) is 21.1. The molecular formula is C20H30ClFN2O2. The SMILES string of the molecule is CC(=O)NC1CCC(C[C@@H]2CC[C@H]([C@H](O)c3cccc(F)c3)N2)CC1.Cl. The van der Waals surface area contributed by atoms with Gasteiger partial charge in [0.1, 0.15) is 5.82 Å². The molecule has 1 aromatic carbocycles. The standard InChI is InChI=1S/C20H29FN2O2.ClH/c1-13(24)22-17-7-5-14(6-8-17)11-18-9-10-19(23-18)20(25)15-3-2-4-16(21)12-15;/h2-4,12,14,17-20,23,25H,5-11H2,1H3,(H,22,24);1H/t14?,17?,18-,19+,20+;/m0./s1. The topological polar surface area (TPSA) is 61.4 Å². The maximum atomic E-state index is 13.4. The van der Waals surface area contributed by atoms with Crippen LogP contribution in [0.25, 0.3) is 0 Å². The van der Waals surface area contributed by atoms with Crippen molar-refractivity contribution in [2.45, 2.75) is 76.1 Å². The number of carbonyl (C=O) groups excluding carboxylic acids is 1. The van der Waals surface area contributed by atoms with Gasteiger partial charge in [0, 0.05) is 25.0 Å². The average Bonchev–Trinajstić information content (AvgIpc) is 3.04. The summed E-state index contributed by atoms with van der Waals surface area (Å²) in [6.45, 7) is 1.58. The third-order valence-corrected chi connectivity index (χ3v) is 5.72. The highest BCUT2D eigenvalue weighted by Gasteiger charge is 2.32. The Kier molecular flexibility index (Phi) is 7.86. The van der Waals surface area contributed by atoms with Crippen LogP contribution >= 0.6 is 12.4 Å². The molecule has 0 spiro atoms. The van der Waals surface area contributed by atoms with E-state index in [1.54, 1.807) is 19.1 Å². The average molecular weight is 385 g/mol. The Labute approximate surface area is 161 Å². The number of nitrogens with one attached hydrogen (secondary N) is 2. The summed E-state index contributed by atoms with van der Waals surface area (Å²) in [5.41, 5.74) is 0.647. The number of carbonyl (C=O) groups is 1. The lowest BCUT2D eigenvalue weighted by Crippen LogP contribution is -2.38. The van der Waals surface area contributed by atoms with Crippen molar-refractivity contribution < 1.29 is 14.3 Å². The molecule has 0 bridgehead atoms. The second-order valence-corrected chi connectivity index (χ2v) is 7.70. The quantitative estimate of drug-likeness (QED) is 0.728. The number of benzene rings is 1. The van der Waals surface area contributed by atoms with Crippen molar-refractivity contribution >= 4 is 18.3 Å². The van der Waals surface area contributed by atoms with Crippen molar-refractivity contribution in [1.29, 1.82) is 0 Å². The van der Waals surface area contributed by atoms with Crippen molar-refractivity contribution in [2.24, 2.45) is 5.92 Å². The number of aliphatic hydroxyl groups excluding tert-OH is 1. The van der Waals surface area contributed by atoms with E-state index in [2.05, 4.69) is 10.6 Å². The molecule has 3 N–H and O–H groups in total. The lowest BCUT2D eigenvalue weighted by molar-refractivity contribution is -0.119. The molecule has 1 saturated carbocycles. The fourth-order valence-electron chi connectivity index (χ4n) is 4.44. The molecule has 26 heavy (non-hydrogen) atoms. The van der Waals surface area contributed by atoms with Crippen LogP contribution in [0.4, 0.5) is 4.39 Å². The van der Waals surface area contributed by atoms with Crippen LogP contribution in [0.3, 0.4) is 0 Å². The van der Waals surface area contributed by atoms with Gasteiger partial charge in [-0.15, -0.1) is 12.4 Å². The van der Waals surface area contributed by atoms with Crippen LogP contribution in [0.1, 0.15) is 63.5 Å². The Balaban J connectivity index is 0.00000243. The smallest absolute Gasteiger partial charge is 0.217 e. The van der Waals surface area contributed by atoms with Gasteiger partial charge in [-0.25, -0.2) is 4.39 Å². The van der Waals surface area contributed by atoms with E-state index in [-0.39, 0.29) is 30.2 Å². The van der Waals surface area contributed by atoms with Crippen LogP contribution in [0.2, 0.25) is 0 Å². The normalized spacial score (nSPS) is 29.7. The van der Waals surface area contributed by atoms with Gasteiger partial charge in [-0.3, -0.25) is 4.79 Å². The molecule has 0 radical (unpaired) electrons. The molecule has 2 aliphatic rings. The molecule has 4 nitrogen and oxygen atoms in total. The van der Waals surface area contributed by atoms with Gasteiger partial charge in [0.15, 0.2) is 0 Å². The summed E-state index contributed by atoms with van der Waals surface area (Å²) < 4.78 is 13.4. The van der Waals surface area contributed by atoms with Crippen LogP contribution in [-0.2, 0) is 4.79 Å². The van der Waals surface area contributed by atoms with Gasteiger partial charge < -0.3 is 15.7 Å². The number of halogens is 2. The van der Waals surface area contributed by atoms with Gasteiger partial charge in [0.2, 0.25) is 5.91 Å². The van der Waals surface area contributed by atoms with Crippen molar-refractivity contribution in [3.63, 3.8) is 0 Å². The van der Waals surface area contributed by atoms with Gasteiger partial charge in [0.25, 0.3) is 0 Å². The molecule has 1 amide bonds. The Morgan fingerprint density at radius 2 is 2.00 bits per heavy atom. The molecule has 1 aliphatic heterocycles. The monoisotopic (exact) mass is 384 g/mol. The molecule has 3 atom stereocenters. The van der Waals surface area contributed by atoms with E-state index in [1.165, 1.54) is 12.1 Å². The minimum atomic E-state index is -0.656. The van der Waals surface area contributed by atoms with E-state index < -0.39 is 6.10 Å². The Hall–Kier alpha value is -1.17. The van der Waals surface area contributed by atoms with Crippen LogP contribution < -0.4 is 10.6 Å². The zero-order valence-corrected chi connectivity index (χ0v) is 16.1. The summed E-state index contributed by atoms with van der Waals surface area (Å²) in [5, 5.41) is 17.1. The number of rotatable bonds is 5. The Morgan fingerprint density at radius 1 is 1.27 bits per heavy atom. The molecule has 3 rings (SSSR count). The summed E-state index contributed by atoms with van der Waals surface area (Å²) in [5.74, 6) is 0.449. The van der Waals surface area contributed by atoms with Crippen LogP contribution in [0.15, 0.2) is 24.3 Å². The first-order chi connectivity index (χ1) is 12.0. The van der Waals surface area contributed by atoms with Crippen LogP contribution in [0.5, 0.6) is 0 Å². The van der Waals surface area contributed by atoms with Gasteiger partial charge >= 0.3 is 0 Å². The highest BCUT2D eigenvalue weighted by Crippen LogP contribution is 2.32. The first-order valence-corrected chi connectivity index (χ1v) is 9.48. The summed E-state index contributed by atoms with van der Waals surface area (Å²) in [6, 6.07) is 7.02. The van der Waals surface area contributed by atoms with E-state index in [9.17, 15) is 14.3 Å². The lowest BCUT2D eigenvalue weighted by Gasteiger charge is -2.30. The van der Waals surface area contributed by atoms with E-state index in [4.69, 9.17) is 0 Å². The minimum absolute atomic E-state index is 0. The van der Waals surface area contributed by atoms with E-state index in [0.29, 0.717) is 23.6 Å². The second kappa shape index (κ2) is 9.67. The molecule has 1 aromatic rings. The second-order valence-electron chi connectivity index (χ2n) is 7.70. The molecule has 6 heteroatoms. The lowest BCUT2D eigenvalue weighted by atomic mass is 9.82. The molecule has 1 aliphatic carbocycles. The minimum Gasteiger partial charge on any atom is -0.387 e. The number of hydrogen-bond donors (Lipinski definition) is 3. The van der Waals surface area contributed by atoms with Gasteiger partial charge in [-0.1, -0.05) is 12.1 Å². The van der Waals surface area contributed by atoms with Gasteiger partial charge in [-0.05, 0) is 68.6 Å². The highest BCUT2D eigenvalue weighted by atomic mass is 35.5. The van der Waals surface area contributed by atoms with Crippen molar-refractivity contribution in [3.05, 3.63) is 35.6 Å². The molecule has 1 heterocycles. The molecular weight excluding hydrogens is 355 g/mol. The third-order valence-electron chi connectivity index (χ3n) is 5.72. The molecule has 146 valence electrons. The summed E-state index contributed by atoms with van der Waals surface area (Å²) >= 11 is 0. The van der Waals surface area contributed by atoms with E-state index in [1.807, 2.05) is 0 Å². The van der Waals surface area contributed by atoms with Crippen molar-refractivity contribution in [3.8, 4) is 0 Å². The van der Waals surface area contributed by atoms with Gasteiger partial charge in [0.05, 0.1) is 6.10 Å². The fraction of sp³-hybridized carbons (Fsp3) is 0.650. The highest BCUT2D eigenvalue weighted by molar-refractivity contribution is 5.85. The predicted octanol–water partition coefficient (Wildman–Crippen LogP) is 3.49. The zero-order valence-electron chi connectivity index (χ0n) is 15.3.